The van der Waals surface area contributed by atoms with Gasteiger partial charge in [0.15, 0.2) is 10.8 Å². The van der Waals surface area contributed by atoms with Crippen molar-refractivity contribution in [1.29, 1.82) is 0 Å². The molecule has 8 heteroatoms. The lowest BCUT2D eigenvalue weighted by Gasteiger charge is -2.16. The monoisotopic (exact) mass is 392 g/mol. The number of hydrogen-bond donors (Lipinski definition) is 1. The van der Waals surface area contributed by atoms with Crippen molar-refractivity contribution in [3.63, 3.8) is 0 Å². The summed E-state index contributed by atoms with van der Waals surface area (Å²) in [6, 6.07) is 11.6. The van der Waals surface area contributed by atoms with E-state index in [9.17, 15) is 4.79 Å². The van der Waals surface area contributed by atoms with Gasteiger partial charge in [-0.05, 0) is 24.5 Å². The van der Waals surface area contributed by atoms with Gasteiger partial charge in [0, 0.05) is 12.2 Å². The van der Waals surface area contributed by atoms with E-state index in [0.29, 0.717) is 26.9 Å². The minimum Gasteiger partial charge on any atom is -0.352 e. The lowest BCUT2D eigenvalue weighted by atomic mass is 10.1. The average Bonchev–Trinajstić information content (AvgIpc) is 3.32. The van der Waals surface area contributed by atoms with Crippen LogP contribution in [0.15, 0.2) is 47.8 Å². The van der Waals surface area contributed by atoms with Crippen LogP contribution in [-0.2, 0) is 4.79 Å². The van der Waals surface area contributed by atoms with Crippen molar-refractivity contribution in [3.8, 4) is 0 Å². The summed E-state index contributed by atoms with van der Waals surface area (Å²) in [5, 5.41) is 12.4. The highest BCUT2D eigenvalue weighted by Gasteiger charge is 2.30. The summed E-state index contributed by atoms with van der Waals surface area (Å²) >= 11 is 13.6. The first kappa shape index (κ1) is 16.7. The summed E-state index contributed by atoms with van der Waals surface area (Å²) in [5.74, 6) is -0.0245. The van der Waals surface area contributed by atoms with Gasteiger partial charge in [-0.15, -0.1) is 10.2 Å². The van der Waals surface area contributed by atoms with Gasteiger partial charge < -0.3 is 5.32 Å². The first-order valence-corrected chi connectivity index (χ1v) is 9.47. The molecule has 5 nitrogen and oxygen atoms in total. The Labute approximate surface area is 158 Å². The molecule has 3 aromatic rings. The number of carbonyl (C=O) groups excluding carboxylic acids is 1. The molecule has 1 N–H and O–H groups in total. The molecule has 1 amide bonds. The Morgan fingerprint density at radius 2 is 2.00 bits per heavy atom. The highest BCUT2D eigenvalue weighted by atomic mass is 35.5. The number of pyridine rings is 1. The van der Waals surface area contributed by atoms with Gasteiger partial charge in [0.05, 0.1) is 10.0 Å². The van der Waals surface area contributed by atoms with Gasteiger partial charge in [0.1, 0.15) is 5.25 Å². The zero-order valence-corrected chi connectivity index (χ0v) is 15.4. The van der Waals surface area contributed by atoms with Crippen LogP contribution >= 0.6 is 35.0 Å². The van der Waals surface area contributed by atoms with Crippen LogP contribution in [0.1, 0.15) is 23.7 Å². The number of thioether (sulfide) groups is 1. The molecule has 0 bridgehead atoms. The van der Waals surface area contributed by atoms with Crippen LogP contribution in [0.5, 0.6) is 0 Å². The maximum atomic E-state index is 12.7. The van der Waals surface area contributed by atoms with Crippen molar-refractivity contribution in [2.45, 2.75) is 29.3 Å². The Morgan fingerprint density at radius 3 is 2.72 bits per heavy atom. The molecule has 2 aromatic heterocycles. The minimum absolute atomic E-state index is 0.0245. The summed E-state index contributed by atoms with van der Waals surface area (Å²) < 4.78 is 1.72. The molecule has 4 rings (SSSR count). The molecule has 1 fully saturated rings. The predicted octanol–water partition coefficient (Wildman–Crippen LogP) is 4.15. The third-order valence-corrected chi connectivity index (χ3v) is 5.58. The van der Waals surface area contributed by atoms with Gasteiger partial charge >= 0.3 is 0 Å². The Balaban J connectivity index is 1.70. The topological polar surface area (TPSA) is 59.3 Å². The molecule has 0 radical (unpaired) electrons. The molecule has 1 atom stereocenters. The van der Waals surface area contributed by atoms with Gasteiger partial charge in [-0.3, -0.25) is 9.20 Å². The quantitative estimate of drug-likeness (QED) is 0.662. The second-order valence-electron chi connectivity index (χ2n) is 5.87. The highest BCUT2D eigenvalue weighted by Crippen LogP contribution is 2.36. The third kappa shape index (κ3) is 3.61. The number of nitrogens with zero attached hydrogens (tertiary/aromatic N) is 3. The number of nitrogens with one attached hydrogen (secondary N) is 1. The van der Waals surface area contributed by atoms with E-state index in [-0.39, 0.29) is 5.91 Å². The number of halogens is 2. The summed E-state index contributed by atoms with van der Waals surface area (Å²) in [4.78, 5) is 12.7. The lowest BCUT2D eigenvalue weighted by molar-refractivity contribution is -0.120. The predicted molar refractivity (Wildman–Crippen MR) is 99.2 cm³/mol. The van der Waals surface area contributed by atoms with Gasteiger partial charge in [-0.2, -0.15) is 0 Å². The van der Waals surface area contributed by atoms with Gasteiger partial charge in [-0.1, -0.05) is 65.3 Å². The van der Waals surface area contributed by atoms with Gasteiger partial charge in [-0.25, -0.2) is 0 Å². The van der Waals surface area contributed by atoms with E-state index in [2.05, 4.69) is 15.5 Å². The summed E-state index contributed by atoms with van der Waals surface area (Å²) in [7, 11) is 0. The average molecular weight is 393 g/mol. The van der Waals surface area contributed by atoms with E-state index >= 15 is 0 Å². The highest BCUT2D eigenvalue weighted by molar-refractivity contribution is 8.00. The maximum Gasteiger partial charge on any atom is 0.238 e. The number of fused-ring (bicyclic) bond motifs is 1. The number of hydrogen-bond acceptors (Lipinski definition) is 4. The Hall–Kier alpha value is -1.76. The Morgan fingerprint density at radius 1 is 1.24 bits per heavy atom. The summed E-state index contributed by atoms with van der Waals surface area (Å²) in [6.45, 7) is 0. The fourth-order valence-corrected chi connectivity index (χ4v) is 4.02. The maximum absolute atomic E-state index is 12.7. The molecule has 1 aromatic carbocycles. The van der Waals surface area contributed by atoms with Gasteiger partial charge in [0.2, 0.25) is 5.91 Å². The van der Waals surface area contributed by atoms with Crippen LogP contribution in [0, 0.1) is 0 Å². The molecule has 1 aliphatic carbocycles. The van der Waals surface area contributed by atoms with E-state index in [4.69, 9.17) is 23.2 Å². The molecule has 1 saturated carbocycles. The fraction of sp³-hybridized carbons (Fsp3) is 0.235. The first-order valence-electron chi connectivity index (χ1n) is 7.83. The van der Waals surface area contributed by atoms with E-state index in [1.807, 2.05) is 30.3 Å². The molecular formula is C17H14Cl2N4OS. The molecule has 1 unspecified atom stereocenters. The molecule has 25 heavy (non-hydrogen) atoms. The minimum atomic E-state index is -0.424. The van der Waals surface area contributed by atoms with Crippen LogP contribution < -0.4 is 5.32 Å². The van der Waals surface area contributed by atoms with Crippen molar-refractivity contribution in [2.75, 3.05) is 0 Å². The van der Waals surface area contributed by atoms with Gasteiger partial charge in [0.25, 0.3) is 0 Å². The first-order chi connectivity index (χ1) is 12.1. The molecule has 0 spiro atoms. The number of aromatic nitrogens is 3. The Kier molecular flexibility index (Phi) is 4.58. The number of carbonyl (C=O) groups is 1. The van der Waals surface area contributed by atoms with E-state index in [0.717, 1.165) is 18.4 Å². The standard InChI is InChI=1S/C17H14Cl2N4OS/c18-11-8-13(19)15-21-22-17(23(15)9-11)25-14(10-4-2-1-3-5-10)16(24)20-12-6-7-12/h1-5,8-9,12,14H,6-7H2,(H,20,24). The molecule has 2 heterocycles. The zero-order chi connectivity index (χ0) is 17.4. The molecule has 0 saturated heterocycles. The third-order valence-electron chi connectivity index (χ3n) is 3.88. The van der Waals surface area contributed by atoms with Crippen LogP contribution in [-0.4, -0.2) is 26.5 Å². The van der Waals surface area contributed by atoms with Crippen LogP contribution in [0.4, 0.5) is 0 Å². The van der Waals surface area contributed by atoms with Crippen molar-refractivity contribution in [1.82, 2.24) is 19.9 Å². The van der Waals surface area contributed by atoms with Crippen LogP contribution in [0.2, 0.25) is 10.0 Å². The molecular weight excluding hydrogens is 379 g/mol. The second kappa shape index (κ2) is 6.86. The number of amides is 1. The zero-order valence-electron chi connectivity index (χ0n) is 13.0. The smallest absolute Gasteiger partial charge is 0.238 e. The Bertz CT molecular complexity index is 927. The summed E-state index contributed by atoms with van der Waals surface area (Å²) in [5.41, 5.74) is 1.43. The van der Waals surface area contributed by atoms with Crippen molar-refractivity contribution >= 4 is 46.5 Å². The number of benzene rings is 1. The normalized spacial score (nSPS) is 15.3. The van der Waals surface area contributed by atoms with Crippen LogP contribution in [0.25, 0.3) is 5.65 Å². The second-order valence-corrected chi connectivity index (χ2v) is 7.79. The van der Waals surface area contributed by atoms with Crippen molar-refractivity contribution < 1.29 is 4.79 Å². The van der Waals surface area contributed by atoms with E-state index in [1.54, 1.807) is 16.7 Å². The fourth-order valence-electron chi connectivity index (χ4n) is 2.49. The number of rotatable bonds is 5. The molecule has 1 aliphatic rings. The lowest BCUT2D eigenvalue weighted by Crippen LogP contribution is -2.29. The van der Waals surface area contributed by atoms with Crippen molar-refractivity contribution in [2.24, 2.45) is 0 Å². The molecule has 128 valence electrons. The van der Waals surface area contributed by atoms with E-state index in [1.165, 1.54) is 11.8 Å². The summed E-state index contributed by atoms with van der Waals surface area (Å²) in [6.07, 6.45) is 3.78. The van der Waals surface area contributed by atoms with Crippen molar-refractivity contribution in [3.05, 3.63) is 58.2 Å². The van der Waals surface area contributed by atoms with E-state index < -0.39 is 5.25 Å². The largest absolute Gasteiger partial charge is 0.352 e. The SMILES string of the molecule is O=C(NC1CC1)C(Sc1nnc2c(Cl)cc(Cl)cn12)c1ccccc1. The molecule has 0 aliphatic heterocycles. The van der Waals surface area contributed by atoms with Crippen LogP contribution in [0.3, 0.4) is 0 Å².